The summed E-state index contributed by atoms with van der Waals surface area (Å²) in [6, 6.07) is 0. The second-order valence-corrected chi connectivity index (χ2v) is 3.52. The largest absolute Gasteiger partial charge is 0.378 e. The Balaban J connectivity index is 2.75. The minimum Gasteiger partial charge on any atom is -0.378 e. The summed E-state index contributed by atoms with van der Waals surface area (Å²) < 4.78 is 7.11. The van der Waals surface area contributed by atoms with Crippen LogP contribution < -0.4 is 5.32 Å². The van der Waals surface area contributed by atoms with Gasteiger partial charge in [0.1, 0.15) is 5.69 Å². The van der Waals surface area contributed by atoms with Crippen molar-refractivity contribution in [1.29, 1.82) is 0 Å². The van der Waals surface area contributed by atoms with Gasteiger partial charge in [-0.05, 0) is 13.5 Å². The summed E-state index contributed by atoms with van der Waals surface area (Å²) in [4.78, 5) is 0. The van der Waals surface area contributed by atoms with Crippen molar-refractivity contribution >= 4 is 0 Å². The molecule has 5 heteroatoms. The highest BCUT2D eigenvalue weighted by Crippen LogP contribution is 2.08. The van der Waals surface area contributed by atoms with Crippen LogP contribution in [0.25, 0.3) is 0 Å². The van der Waals surface area contributed by atoms with Crippen molar-refractivity contribution in [2.45, 2.75) is 39.5 Å². The van der Waals surface area contributed by atoms with E-state index >= 15 is 0 Å². The molecule has 0 aromatic carbocycles. The maximum atomic E-state index is 5.17. The Bertz CT molecular complexity index is 285. The second kappa shape index (κ2) is 6.53. The summed E-state index contributed by atoms with van der Waals surface area (Å²) in [7, 11) is 3.60. The number of hydrogen-bond donors (Lipinski definition) is 1. The van der Waals surface area contributed by atoms with Crippen molar-refractivity contribution in [3.63, 3.8) is 0 Å². The van der Waals surface area contributed by atoms with Gasteiger partial charge in [0, 0.05) is 20.2 Å². The van der Waals surface area contributed by atoms with Gasteiger partial charge in [0.2, 0.25) is 0 Å². The molecule has 0 aliphatic rings. The summed E-state index contributed by atoms with van der Waals surface area (Å²) in [5.41, 5.74) is 2.07. The quantitative estimate of drug-likeness (QED) is 0.731. The molecular formula is C10H20N4O. The topological polar surface area (TPSA) is 52.0 Å². The normalized spacial score (nSPS) is 10.9. The number of rotatable bonds is 7. The Morgan fingerprint density at radius 1 is 1.47 bits per heavy atom. The molecule has 0 atom stereocenters. The number of unbranched alkanes of at least 4 members (excludes halogenated alkanes) is 1. The molecular weight excluding hydrogens is 192 g/mol. The summed E-state index contributed by atoms with van der Waals surface area (Å²) in [5, 5.41) is 11.4. The maximum Gasteiger partial charge on any atom is 0.102 e. The van der Waals surface area contributed by atoms with Gasteiger partial charge in [-0.2, -0.15) is 0 Å². The lowest BCUT2D eigenvalue weighted by Gasteiger charge is -2.06. The van der Waals surface area contributed by atoms with E-state index in [4.69, 9.17) is 4.74 Å². The van der Waals surface area contributed by atoms with Crippen LogP contribution in [0.3, 0.4) is 0 Å². The SMILES string of the molecule is CCCCn1nnc(CNC)c1COC. The zero-order chi connectivity index (χ0) is 11.1. The number of nitrogens with one attached hydrogen (secondary N) is 1. The lowest BCUT2D eigenvalue weighted by Crippen LogP contribution is -2.11. The third kappa shape index (κ3) is 3.28. The van der Waals surface area contributed by atoms with Gasteiger partial charge in [0.05, 0.1) is 12.3 Å². The summed E-state index contributed by atoms with van der Waals surface area (Å²) in [6.07, 6.45) is 2.28. The maximum absolute atomic E-state index is 5.17. The molecule has 0 aliphatic heterocycles. The fourth-order valence-electron chi connectivity index (χ4n) is 1.46. The smallest absolute Gasteiger partial charge is 0.102 e. The number of hydrogen-bond acceptors (Lipinski definition) is 4. The average molecular weight is 212 g/mol. The molecule has 0 spiro atoms. The number of ether oxygens (including phenoxy) is 1. The minimum atomic E-state index is 0.577. The van der Waals surface area contributed by atoms with Gasteiger partial charge in [-0.3, -0.25) is 0 Å². The highest BCUT2D eigenvalue weighted by atomic mass is 16.5. The standard InChI is InChI=1S/C10H20N4O/c1-4-5-6-14-10(8-15-3)9(7-11-2)12-13-14/h11H,4-8H2,1-3H3. The van der Waals surface area contributed by atoms with Crippen LogP contribution in [0.2, 0.25) is 0 Å². The second-order valence-electron chi connectivity index (χ2n) is 3.52. The van der Waals surface area contributed by atoms with E-state index in [1.807, 2.05) is 11.7 Å². The van der Waals surface area contributed by atoms with Crippen molar-refractivity contribution in [3.05, 3.63) is 11.4 Å². The van der Waals surface area contributed by atoms with Gasteiger partial charge < -0.3 is 10.1 Å². The molecule has 5 nitrogen and oxygen atoms in total. The van der Waals surface area contributed by atoms with Crippen LogP contribution in [0.1, 0.15) is 31.2 Å². The van der Waals surface area contributed by atoms with Crippen LogP contribution >= 0.6 is 0 Å². The first-order chi connectivity index (χ1) is 7.33. The Morgan fingerprint density at radius 3 is 2.87 bits per heavy atom. The van der Waals surface area contributed by atoms with E-state index in [1.165, 1.54) is 0 Å². The Labute approximate surface area is 90.8 Å². The number of nitrogens with zero attached hydrogens (tertiary/aromatic N) is 3. The third-order valence-electron chi connectivity index (χ3n) is 2.27. The molecule has 1 heterocycles. The van der Waals surface area contributed by atoms with E-state index in [9.17, 15) is 0 Å². The molecule has 86 valence electrons. The van der Waals surface area contributed by atoms with Gasteiger partial charge in [-0.15, -0.1) is 5.10 Å². The van der Waals surface area contributed by atoms with Crippen LogP contribution in [0.4, 0.5) is 0 Å². The summed E-state index contributed by atoms with van der Waals surface area (Å²) >= 11 is 0. The zero-order valence-electron chi connectivity index (χ0n) is 9.79. The predicted octanol–water partition coefficient (Wildman–Crippen LogP) is 0.944. The van der Waals surface area contributed by atoms with E-state index in [2.05, 4.69) is 22.6 Å². The molecule has 1 aromatic heterocycles. The highest BCUT2D eigenvalue weighted by molar-refractivity contribution is 5.08. The molecule has 1 rings (SSSR count). The summed E-state index contributed by atoms with van der Waals surface area (Å²) in [6.45, 7) is 4.41. The fraction of sp³-hybridized carbons (Fsp3) is 0.800. The monoisotopic (exact) mass is 212 g/mol. The van der Waals surface area contributed by atoms with E-state index in [0.29, 0.717) is 6.61 Å². The minimum absolute atomic E-state index is 0.577. The van der Waals surface area contributed by atoms with Crippen molar-refractivity contribution in [3.8, 4) is 0 Å². The molecule has 1 aromatic rings. The number of aryl methyl sites for hydroxylation is 1. The van der Waals surface area contributed by atoms with Crippen molar-refractivity contribution in [2.75, 3.05) is 14.2 Å². The molecule has 0 radical (unpaired) electrons. The Morgan fingerprint density at radius 2 is 2.27 bits per heavy atom. The number of aromatic nitrogens is 3. The lowest BCUT2D eigenvalue weighted by molar-refractivity contribution is 0.175. The van der Waals surface area contributed by atoms with Crippen LogP contribution in [0, 0.1) is 0 Å². The van der Waals surface area contributed by atoms with E-state index < -0.39 is 0 Å². The molecule has 0 unspecified atom stereocenters. The highest BCUT2D eigenvalue weighted by Gasteiger charge is 2.11. The van der Waals surface area contributed by atoms with Gasteiger partial charge in [-0.25, -0.2) is 4.68 Å². The van der Waals surface area contributed by atoms with Gasteiger partial charge >= 0.3 is 0 Å². The molecule has 1 N–H and O–H groups in total. The van der Waals surface area contributed by atoms with Crippen LogP contribution in [0.15, 0.2) is 0 Å². The van der Waals surface area contributed by atoms with Gasteiger partial charge in [0.25, 0.3) is 0 Å². The van der Waals surface area contributed by atoms with Crippen LogP contribution in [-0.2, 0) is 24.4 Å². The van der Waals surface area contributed by atoms with Crippen LogP contribution in [0.5, 0.6) is 0 Å². The van der Waals surface area contributed by atoms with Crippen molar-refractivity contribution < 1.29 is 4.74 Å². The van der Waals surface area contributed by atoms with Crippen molar-refractivity contribution in [1.82, 2.24) is 20.3 Å². The van der Waals surface area contributed by atoms with Crippen LogP contribution in [-0.4, -0.2) is 29.2 Å². The van der Waals surface area contributed by atoms with Gasteiger partial charge in [-0.1, -0.05) is 18.6 Å². The van der Waals surface area contributed by atoms with Gasteiger partial charge in [0.15, 0.2) is 0 Å². The molecule has 0 amide bonds. The predicted molar refractivity (Wildman–Crippen MR) is 58.4 cm³/mol. The zero-order valence-corrected chi connectivity index (χ0v) is 9.79. The molecule has 0 saturated carbocycles. The first-order valence-electron chi connectivity index (χ1n) is 5.38. The third-order valence-corrected chi connectivity index (χ3v) is 2.27. The van der Waals surface area contributed by atoms with Crippen molar-refractivity contribution in [2.24, 2.45) is 0 Å². The Kier molecular flexibility index (Phi) is 5.28. The number of methoxy groups -OCH3 is 1. The average Bonchev–Trinajstić information content (AvgIpc) is 2.60. The molecule has 0 fully saturated rings. The lowest BCUT2D eigenvalue weighted by atomic mass is 10.3. The van der Waals surface area contributed by atoms with E-state index in [-0.39, 0.29) is 0 Å². The molecule has 0 saturated heterocycles. The van der Waals surface area contributed by atoms with E-state index in [0.717, 1.165) is 37.3 Å². The first-order valence-corrected chi connectivity index (χ1v) is 5.38. The first kappa shape index (κ1) is 12.1. The molecule has 0 bridgehead atoms. The summed E-state index contributed by atoms with van der Waals surface area (Å²) in [5.74, 6) is 0. The fourth-order valence-corrected chi connectivity index (χ4v) is 1.46. The molecule has 15 heavy (non-hydrogen) atoms. The molecule has 0 aliphatic carbocycles. The van der Waals surface area contributed by atoms with E-state index in [1.54, 1.807) is 7.11 Å². The Hall–Kier alpha value is -0.940.